The largest absolute Gasteiger partial charge is 0.384 e. The van der Waals surface area contributed by atoms with E-state index in [1.165, 1.54) is 0 Å². The summed E-state index contributed by atoms with van der Waals surface area (Å²) in [6, 6.07) is 5.64. The predicted molar refractivity (Wildman–Crippen MR) is 67.5 cm³/mol. The number of tetrazole rings is 1. The normalized spacial score (nSPS) is 10.8. The molecule has 0 bridgehead atoms. The highest BCUT2D eigenvalue weighted by Crippen LogP contribution is 2.24. The minimum atomic E-state index is 0.558. The van der Waals surface area contributed by atoms with Gasteiger partial charge in [-0.3, -0.25) is 0 Å². The first-order valence-electron chi connectivity index (χ1n) is 5.43. The Hall–Kier alpha value is -1.62. The van der Waals surface area contributed by atoms with E-state index in [9.17, 15) is 0 Å². The van der Waals surface area contributed by atoms with E-state index in [1.807, 2.05) is 18.2 Å². The van der Waals surface area contributed by atoms with Crippen LogP contribution in [-0.4, -0.2) is 26.8 Å². The van der Waals surface area contributed by atoms with Crippen molar-refractivity contribution in [2.45, 2.75) is 13.8 Å². The zero-order valence-electron chi connectivity index (χ0n) is 9.76. The number of hydrogen-bond donors (Lipinski definition) is 1. The predicted octanol–water partition coefficient (Wildman–Crippen LogP) is 2.38. The quantitative estimate of drug-likeness (QED) is 0.907. The van der Waals surface area contributed by atoms with Crippen LogP contribution in [0.4, 0.5) is 5.69 Å². The molecule has 0 radical (unpaired) electrons. The van der Waals surface area contributed by atoms with Crippen LogP contribution in [0.25, 0.3) is 5.69 Å². The number of hydrogen-bond acceptors (Lipinski definition) is 4. The first-order valence-corrected chi connectivity index (χ1v) is 5.81. The fraction of sp³-hybridized carbons (Fsp3) is 0.364. The first kappa shape index (κ1) is 11.9. The molecule has 0 atom stereocenters. The van der Waals surface area contributed by atoms with Gasteiger partial charge >= 0.3 is 0 Å². The molecule has 0 amide bonds. The highest BCUT2D eigenvalue weighted by molar-refractivity contribution is 6.33. The molecule has 0 fully saturated rings. The number of nitrogens with zero attached hydrogens (tertiary/aromatic N) is 4. The summed E-state index contributed by atoms with van der Waals surface area (Å²) in [5, 5.41) is 15.0. The van der Waals surface area contributed by atoms with Gasteiger partial charge < -0.3 is 5.32 Å². The van der Waals surface area contributed by atoms with Crippen LogP contribution in [0.2, 0.25) is 5.02 Å². The van der Waals surface area contributed by atoms with Crippen molar-refractivity contribution in [3.8, 4) is 5.69 Å². The van der Waals surface area contributed by atoms with E-state index < -0.39 is 0 Å². The number of benzene rings is 1. The smallest absolute Gasteiger partial charge is 0.143 e. The lowest BCUT2D eigenvalue weighted by molar-refractivity contribution is 0.689. The van der Waals surface area contributed by atoms with Gasteiger partial charge in [0.05, 0.1) is 16.4 Å². The minimum absolute atomic E-state index is 0.558. The Morgan fingerprint density at radius 2 is 2.24 bits per heavy atom. The molecule has 90 valence electrons. The van der Waals surface area contributed by atoms with Crippen molar-refractivity contribution in [1.82, 2.24) is 20.2 Å². The number of anilines is 1. The van der Waals surface area contributed by atoms with E-state index in [0.717, 1.165) is 17.9 Å². The summed E-state index contributed by atoms with van der Waals surface area (Å²) in [4.78, 5) is 0. The zero-order chi connectivity index (χ0) is 12.3. The summed E-state index contributed by atoms with van der Waals surface area (Å²) < 4.78 is 1.59. The molecule has 1 N–H and O–H groups in total. The molecule has 1 heterocycles. The van der Waals surface area contributed by atoms with Crippen LogP contribution in [0.15, 0.2) is 24.5 Å². The number of nitrogens with one attached hydrogen (secondary N) is 1. The van der Waals surface area contributed by atoms with Crippen molar-refractivity contribution >= 4 is 17.3 Å². The molecule has 1 aromatic heterocycles. The summed E-state index contributed by atoms with van der Waals surface area (Å²) in [6.45, 7) is 5.16. The van der Waals surface area contributed by atoms with E-state index in [0.29, 0.717) is 10.9 Å². The van der Waals surface area contributed by atoms with Crippen LogP contribution in [0.3, 0.4) is 0 Å². The molecule has 5 nitrogen and oxygen atoms in total. The minimum Gasteiger partial charge on any atom is -0.384 e. The van der Waals surface area contributed by atoms with Gasteiger partial charge in [0.25, 0.3) is 0 Å². The topological polar surface area (TPSA) is 55.6 Å². The fourth-order valence-corrected chi connectivity index (χ4v) is 1.57. The summed E-state index contributed by atoms with van der Waals surface area (Å²) in [5.74, 6) is 0.558. The van der Waals surface area contributed by atoms with Gasteiger partial charge in [-0.15, -0.1) is 5.10 Å². The van der Waals surface area contributed by atoms with Gasteiger partial charge in [0.1, 0.15) is 6.33 Å². The summed E-state index contributed by atoms with van der Waals surface area (Å²) in [6.07, 6.45) is 1.55. The number of rotatable bonds is 4. The Balaban J connectivity index is 2.23. The average Bonchev–Trinajstić information content (AvgIpc) is 2.81. The monoisotopic (exact) mass is 251 g/mol. The van der Waals surface area contributed by atoms with Gasteiger partial charge in [-0.1, -0.05) is 25.4 Å². The number of halogens is 1. The van der Waals surface area contributed by atoms with Gasteiger partial charge in [-0.05, 0) is 34.5 Å². The van der Waals surface area contributed by atoms with E-state index in [4.69, 9.17) is 11.6 Å². The third-order valence-electron chi connectivity index (χ3n) is 2.26. The lowest BCUT2D eigenvalue weighted by atomic mass is 10.2. The van der Waals surface area contributed by atoms with Crippen LogP contribution < -0.4 is 5.32 Å². The molecule has 6 heteroatoms. The summed E-state index contributed by atoms with van der Waals surface area (Å²) >= 11 is 6.12. The van der Waals surface area contributed by atoms with Crippen molar-refractivity contribution in [3.63, 3.8) is 0 Å². The molecule has 0 aliphatic heterocycles. The zero-order valence-corrected chi connectivity index (χ0v) is 10.5. The standard InChI is InChI=1S/C11H14ClN5/c1-8(2)6-13-11-5-9(3-4-10(11)12)17-7-14-15-16-17/h3-5,7-8,13H,6H2,1-2H3. The Morgan fingerprint density at radius 1 is 1.41 bits per heavy atom. The van der Waals surface area contributed by atoms with Crippen molar-refractivity contribution < 1.29 is 0 Å². The van der Waals surface area contributed by atoms with Gasteiger partial charge in [0.15, 0.2) is 0 Å². The number of aromatic nitrogens is 4. The van der Waals surface area contributed by atoms with Crippen LogP contribution in [-0.2, 0) is 0 Å². The maximum absolute atomic E-state index is 6.12. The average molecular weight is 252 g/mol. The first-order chi connectivity index (χ1) is 8.16. The molecule has 2 aromatic rings. The second-order valence-corrected chi connectivity index (χ2v) is 4.60. The van der Waals surface area contributed by atoms with E-state index >= 15 is 0 Å². The Bertz CT molecular complexity index is 481. The highest BCUT2D eigenvalue weighted by atomic mass is 35.5. The van der Waals surface area contributed by atoms with E-state index in [2.05, 4.69) is 34.7 Å². The molecular formula is C11H14ClN5. The van der Waals surface area contributed by atoms with E-state index in [-0.39, 0.29) is 0 Å². The second kappa shape index (κ2) is 5.14. The van der Waals surface area contributed by atoms with E-state index in [1.54, 1.807) is 11.0 Å². The molecule has 0 saturated carbocycles. The maximum Gasteiger partial charge on any atom is 0.143 e. The third-order valence-corrected chi connectivity index (χ3v) is 2.59. The molecule has 0 spiro atoms. The molecule has 0 saturated heterocycles. The van der Waals surface area contributed by atoms with Crippen molar-refractivity contribution in [2.24, 2.45) is 5.92 Å². The molecule has 0 unspecified atom stereocenters. The van der Waals surface area contributed by atoms with Crippen LogP contribution in [0.5, 0.6) is 0 Å². The Labute approximate surface area is 105 Å². The molecule has 0 aliphatic carbocycles. The van der Waals surface area contributed by atoms with Crippen molar-refractivity contribution in [1.29, 1.82) is 0 Å². The summed E-state index contributed by atoms with van der Waals surface area (Å²) in [5.41, 5.74) is 1.78. The lowest BCUT2D eigenvalue weighted by Crippen LogP contribution is -2.08. The third kappa shape index (κ3) is 2.94. The molecule has 17 heavy (non-hydrogen) atoms. The second-order valence-electron chi connectivity index (χ2n) is 4.19. The van der Waals surface area contributed by atoms with Crippen LogP contribution in [0, 0.1) is 5.92 Å². The van der Waals surface area contributed by atoms with Gasteiger partial charge in [0, 0.05) is 6.54 Å². The van der Waals surface area contributed by atoms with Gasteiger partial charge in [-0.2, -0.15) is 0 Å². The summed E-state index contributed by atoms with van der Waals surface area (Å²) in [7, 11) is 0. The molecular weight excluding hydrogens is 238 g/mol. The highest BCUT2D eigenvalue weighted by Gasteiger charge is 2.04. The Morgan fingerprint density at radius 3 is 2.88 bits per heavy atom. The molecule has 2 rings (SSSR count). The molecule has 0 aliphatic rings. The van der Waals surface area contributed by atoms with Crippen LogP contribution in [0.1, 0.15) is 13.8 Å². The lowest BCUT2D eigenvalue weighted by Gasteiger charge is -2.11. The van der Waals surface area contributed by atoms with Crippen molar-refractivity contribution in [2.75, 3.05) is 11.9 Å². The van der Waals surface area contributed by atoms with Gasteiger partial charge in [-0.25, -0.2) is 4.68 Å². The van der Waals surface area contributed by atoms with Gasteiger partial charge in [0.2, 0.25) is 0 Å². The fourth-order valence-electron chi connectivity index (χ4n) is 1.38. The van der Waals surface area contributed by atoms with Crippen molar-refractivity contribution in [3.05, 3.63) is 29.5 Å². The molecule has 1 aromatic carbocycles. The Kier molecular flexibility index (Phi) is 3.58. The van der Waals surface area contributed by atoms with Crippen LogP contribution >= 0.6 is 11.6 Å². The maximum atomic E-state index is 6.12. The SMILES string of the molecule is CC(C)CNc1cc(-n2cnnn2)ccc1Cl.